The highest BCUT2D eigenvalue weighted by Crippen LogP contribution is 2.42. The largest absolute Gasteiger partial charge is 0.435 e. The molecule has 1 amide bonds. The number of hydrogen-bond acceptors (Lipinski definition) is 3. The van der Waals surface area contributed by atoms with Gasteiger partial charge in [0.15, 0.2) is 5.69 Å². The number of halogens is 3. The standard InChI is InChI=1S/C21H22F3N5O/c1-14-2-4-15(5-3-14)12-28-13-17(11-25-28)26-20(30)8-9-29-18(16-6-7-16)10-19(27-29)21(22,23)24/h2-5,10-11,13,16H,6-9,12H2,1H3,(H,26,30). The Balaban J connectivity index is 1.34. The van der Waals surface area contributed by atoms with Crippen molar-refractivity contribution in [3.8, 4) is 0 Å². The third kappa shape index (κ3) is 4.90. The maximum Gasteiger partial charge on any atom is 0.435 e. The van der Waals surface area contributed by atoms with Crippen LogP contribution in [-0.2, 0) is 24.1 Å². The van der Waals surface area contributed by atoms with E-state index in [9.17, 15) is 18.0 Å². The van der Waals surface area contributed by atoms with E-state index in [1.54, 1.807) is 17.1 Å². The van der Waals surface area contributed by atoms with Gasteiger partial charge in [-0.2, -0.15) is 23.4 Å². The lowest BCUT2D eigenvalue weighted by molar-refractivity contribution is -0.141. The monoisotopic (exact) mass is 417 g/mol. The smallest absolute Gasteiger partial charge is 0.323 e. The van der Waals surface area contributed by atoms with Gasteiger partial charge in [-0.3, -0.25) is 14.2 Å². The minimum absolute atomic E-state index is 0.0296. The molecule has 2 heterocycles. The maximum absolute atomic E-state index is 13.0. The Morgan fingerprint density at radius 1 is 1.23 bits per heavy atom. The number of amides is 1. The van der Waals surface area contributed by atoms with Crippen molar-refractivity contribution >= 4 is 11.6 Å². The van der Waals surface area contributed by atoms with Gasteiger partial charge in [-0.25, -0.2) is 0 Å². The predicted molar refractivity (Wildman–Crippen MR) is 105 cm³/mol. The van der Waals surface area contributed by atoms with Gasteiger partial charge in [0, 0.05) is 30.8 Å². The molecule has 0 unspecified atom stereocenters. The van der Waals surface area contributed by atoms with Crippen molar-refractivity contribution in [3.05, 3.63) is 65.2 Å². The average Bonchev–Trinajstić information content (AvgIpc) is 3.28. The van der Waals surface area contributed by atoms with Crippen LogP contribution in [0.25, 0.3) is 0 Å². The molecule has 4 rings (SSSR count). The van der Waals surface area contributed by atoms with E-state index in [4.69, 9.17) is 0 Å². The van der Waals surface area contributed by atoms with Crippen molar-refractivity contribution in [2.24, 2.45) is 0 Å². The van der Waals surface area contributed by atoms with Crippen molar-refractivity contribution in [2.75, 3.05) is 5.32 Å². The lowest BCUT2D eigenvalue weighted by atomic mass is 10.1. The summed E-state index contributed by atoms with van der Waals surface area (Å²) in [5, 5.41) is 10.7. The molecule has 1 aliphatic carbocycles. The minimum atomic E-state index is -4.48. The number of hydrogen-bond donors (Lipinski definition) is 1. The van der Waals surface area contributed by atoms with Gasteiger partial charge >= 0.3 is 6.18 Å². The van der Waals surface area contributed by atoms with E-state index in [0.29, 0.717) is 17.9 Å². The van der Waals surface area contributed by atoms with Crippen molar-refractivity contribution in [1.82, 2.24) is 19.6 Å². The zero-order valence-electron chi connectivity index (χ0n) is 16.5. The zero-order valence-corrected chi connectivity index (χ0v) is 16.5. The normalized spacial score (nSPS) is 14.1. The van der Waals surface area contributed by atoms with Crippen LogP contribution in [0, 0.1) is 6.92 Å². The van der Waals surface area contributed by atoms with Crippen molar-refractivity contribution < 1.29 is 18.0 Å². The Bertz CT molecular complexity index is 1030. The van der Waals surface area contributed by atoms with E-state index in [-0.39, 0.29) is 24.8 Å². The summed E-state index contributed by atoms with van der Waals surface area (Å²) in [7, 11) is 0. The van der Waals surface area contributed by atoms with Gasteiger partial charge in [0.1, 0.15) is 0 Å². The van der Waals surface area contributed by atoms with Crippen LogP contribution in [0.5, 0.6) is 0 Å². The molecule has 2 aromatic heterocycles. The number of benzene rings is 1. The van der Waals surface area contributed by atoms with E-state index in [2.05, 4.69) is 15.5 Å². The molecule has 1 aliphatic rings. The number of rotatable bonds is 7. The van der Waals surface area contributed by atoms with Gasteiger partial charge in [0.2, 0.25) is 5.91 Å². The molecular weight excluding hydrogens is 395 g/mol. The fourth-order valence-electron chi connectivity index (χ4n) is 3.28. The summed E-state index contributed by atoms with van der Waals surface area (Å²) >= 11 is 0. The van der Waals surface area contributed by atoms with Crippen LogP contribution in [0.15, 0.2) is 42.7 Å². The molecule has 1 N–H and O–H groups in total. The number of anilines is 1. The molecule has 1 saturated carbocycles. The van der Waals surface area contributed by atoms with Gasteiger partial charge in [0.25, 0.3) is 0 Å². The van der Waals surface area contributed by atoms with E-state index in [1.807, 2.05) is 31.2 Å². The summed E-state index contributed by atoms with van der Waals surface area (Å²) in [6.45, 7) is 2.70. The van der Waals surface area contributed by atoms with Crippen molar-refractivity contribution in [1.29, 1.82) is 0 Å². The van der Waals surface area contributed by atoms with Gasteiger partial charge in [0.05, 0.1) is 18.4 Å². The SMILES string of the molecule is Cc1ccc(Cn2cc(NC(=O)CCn3nc(C(F)(F)F)cc3C3CC3)cn2)cc1. The van der Waals surface area contributed by atoms with E-state index >= 15 is 0 Å². The Morgan fingerprint density at radius 3 is 2.63 bits per heavy atom. The van der Waals surface area contributed by atoms with Crippen LogP contribution < -0.4 is 5.32 Å². The summed E-state index contributed by atoms with van der Waals surface area (Å²) in [5.41, 5.74) is 2.47. The fourth-order valence-corrected chi connectivity index (χ4v) is 3.28. The Kier molecular flexibility index (Phi) is 5.36. The summed E-state index contributed by atoms with van der Waals surface area (Å²) < 4.78 is 41.9. The quantitative estimate of drug-likeness (QED) is 0.621. The number of carbonyl (C=O) groups excluding carboxylic acids is 1. The molecule has 158 valence electrons. The van der Waals surface area contributed by atoms with E-state index < -0.39 is 11.9 Å². The van der Waals surface area contributed by atoms with Gasteiger partial charge in [-0.1, -0.05) is 29.8 Å². The summed E-state index contributed by atoms with van der Waals surface area (Å²) in [6, 6.07) is 9.19. The second-order valence-electron chi connectivity index (χ2n) is 7.66. The van der Waals surface area contributed by atoms with E-state index in [0.717, 1.165) is 24.5 Å². The molecule has 0 spiro atoms. The molecule has 6 nitrogen and oxygen atoms in total. The fraction of sp³-hybridized carbons (Fsp3) is 0.381. The average molecular weight is 417 g/mol. The summed E-state index contributed by atoms with van der Waals surface area (Å²) in [4.78, 5) is 12.3. The first-order valence-corrected chi connectivity index (χ1v) is 9.81. The Labute approximate surface area is 171 Å². The second-order valence-corrected chi connectivity index (χ2v) is 7.66. The lowest BCUT2D eigenvalue weighted by Gasteiger charge is -2.07. The highest BCUT2D eigenvalue weighted by molar-refractivity contribution is 5.90. The first kappa shape index (κ1) is 20.2. The number of aromatic nitrogens is 4. The van der Waals surface area contributed by atoms with Gasteiger partial charge in [-0.05, 0) is 31.4 Å². The number of alkyl halides is 3. The molecule has 0 bridgehead atoms. The summed E-state index contributed by atoms with van der Waals surface area (Å²) in [5.74, 6) is -0.188. The molecular formula is C21H22F3N5O. The van der Waals surface area contributed by atoms with Gasteiger partial charge in [-0.15, -0.1) is 0 Å². The van der Waals surface area contributed by atoms with Gasteiger partial charge < -0.3 is 5.32 Å². The molecule has 30 heavy (non-hydrogen) atoms. The topological polar surface area (TPSA) is 64.7 Å². The van der Waals surface area contributed by atoms with Crippen LogP contribution in [0.3, 0.4) is 0 Å². The van der Waals surface area contributed by atoms with Crippen molar-refractivity contribution in [3.63, 3.8) is 0 Å². The van der Waals surface area contributed by atoms with Crippen LogP contribution in [0.2, 0.25) is 0 Å². The molecule has 0 radical (unpaired) electrons. The number of nitrogens with one attached hydrogen (secondary N) is 1. The molecule has 1 aromatic carbocycles. The summed E-state index contributed by atoms with van der Waals surface area (Å²) in [6.07, 6.45) is 0.538. The van der Waals surface area contributed by atoms with Crippen LogP contribution in [-0.4, -0.2) is 25.5 Å². The number of aryl methyl sites for hydroxylation is 2. The Morgan fingerprint density at radius 2 is 1.97 bits per heavy atom. The molecule has 0 aliphatic heterocycles. The molecule has 9 heteroatoms. The second kappa shape index (κ2) is 7.97. The molecule has 3 aromatic rings. The first-order valence-electron chi connectivity index (χ1n) is 9.81. The Hall–Kier alpha value is -3.10. The minimum Gasteiger partial charge on any atom is -0.323 e. The molecule has 0 atom stereocenters. The lowest BCUT2D eigenvalue weighted by Crippen LogP contribution is -2.16. The number of carbonyl (C=O) groups is 1. The number of nitrogens with zero attached hydrogens (tertiary/aromatic N) is 4. The van der Waals surface area contributed by atoms with E-state index in [1.165, 1.54) is 10.2 Å². The highest BCUT2D eigenvalue weighted by Gasteiger charge is 2.37. The van der Waals surface area contributed by atoms with Crippen LogP contribution in [0.1, 0.15) is 47.7 Å². The first-order chi connectivity index (χ1) is 14.3. The van der Waals surface area contributed by atoms with Crippen molar-refractivity contribution in [2.45, 2.75) is 51.4 Å². The van der Waals surface area contributed by atoms with Crippen LogP contribution >= 0.6 is 0 Å². The molecule has 0 saturated heterocycles. The highest BCUT2D eigenvalue weighted by atomic mass is 19.4. The predicted octanol–water partition coefficient (Wildman–Crippen LogP) is 4.36. The third-order valence-electron chi connectivity index (χ3n) is 5.03. The third-order valence-corrected chi connectivity index (χ3v) is 5.03. The van der Waals surface area contributed by atoms with Crippen LogP contribution in [0.4, 0.5) is 18.9 Å². The molecule has 1 fully saturated rings. The zero-order chi connectivity index (χ0) is 21.3. The maximum atomic E-state index is 13.0.